The summed E-state index contributed by atoms with van der Waals surface area (Å²) in [5.41, 5.74) is -0.158. The number of carboxylic acid groups (broad SMARTS) is 1. The van der Waals surface area contributed by atoms with Crippen LogP contribution in [0.5, 0.6) is 0 Å². The normalized spacial score (nSPS) is 23.0. The fourth-order valence-corrected chi connectivity index (χ4v) is 4.32. The maximum absolute atomic E-state index is 12.7. The van der Waals surface area contributed by atoms with E-state index in [1.54, 1.807) is 13.0 Å². The number of aliphatic carboxylic acids is 1. The van der Waals surface area contributed by atoms with Crippen molar-refractivity contribution >= 4 is 21.9 Å². The molecule has 3 N–H and O–H groups in total. The smallest absolute Gasteiger partial charge is 0.305 e. The summed E-state index contributed by atoms with van der Waals surface area (Å²) in [6.07, 6.45) is 1.77. The van der Waals surface area contributed by atoms with Crippen LogP contribution in [0.25, 0.3) is 0 Å². The molecule has 3 rings (SSSR count). The molecule has 1 atom stereocenters. The molecule has 9 heteroatoms. The van der Waals surface area contributed by atoms with Gasteiger partial charge in [-0.2, -0.15) is 0 Å². The molecule has 1 saturated carbocycles. The molecule has 8 nitrogen and oxygen atoms in total. The van der Waals surface area contributed by atoms with Crippen molar-refractivity contribution in [2.75, 3.05) is 13.2 Å². The molecule has 1 unspecified atom stereocenters. The first-order chi connectivity index (χ1) is 12.2. The molecule has 26 heavy (non-hydrogen) atoms. The number of carbonyl (C=O) groups is 2. The lowest BCUT2D eigenvalue weighted by atomic mass is 9.93. The molecule has 1 aliphatic carbocycles. The van der Waals surface area contributed by atoms with Crippen LogP contribution >= 0.6 is 0 Å². The second-order valence-electron chi connectivity index (χ2n) is 6.98. The number of aryl methyl sites for hydroxylation is 1. The minimum atomic E-state index is -3.68. The zero-order chi connectivity index (χ0) is 18.9. The Balaban J connectivity index is 1.84. The van der Waals surface area contributed by atoms with Crippen LogP contribution in [0.4, 0.5) is 0 Å². The summed E-state index contributed by atoms with van der Waals surface area (Å²) >= 11 is 0. The van der Waals surface area contributed by atoms with Gasteiger partial charge in [-0.15, -0.1) is 0 Å². The molecule has 1 aromatic rings. The number of benzene rings is 1. The average Bonchev–Trinajstić information content (AvgIpc) is 3.23. The zero-order valence-corrected chi connectivity index (χ0v) is 15.3. The minimum absolute atomic E-state index is 0.0232. The summed E-state index contributed by atoms with van der Waals surface area (Å²) in [4.78, 5) is 23.9. The number of nitrogens with one attached hydrogen (secondary N) is 2. The third-order valence-corrected chi connectivity index (χ3v) is 6.15. The van der Waals surface area contributed by atoms with Gasteiger partial charge < -0.3 is 15.2 Å². The Bertz CT molecular complexity index is 826. The number of hydrogen-bond acceptors (Lipinski definition) is 5. The summed E-state index contributed by atoms with van der Waals surface area (Å²) in [7, 11) is -3.68. The van der Waals surface area contributed by atoms with E-state index >= 15 is 0 Å². The molecule has 1 aliphatic heterocycles. The van der Waals surface area contributed by atoms with Gasteiger partial charge in [-0.25, -0.2) is 13.1 Å². The van der Waals surface area contributed by atoms with E-state index in [9.17, 15) is 18.0 Å². The lowest BCUT2D eigenvalue weighted by Crippen LogP contribution is -2.50. The van der Waals surface area contributed by atoms with Gasteiger partial charge in [-0.05, 0) is 43.9 Å². The van der Waals surface area contributed by atoms with Gasteiger partial charge in [-0.1, -0.05) is 6.07 Å². The number of amides is 1. The fraction of sp³-hybridized carbons (Fsp3) is 0.529. The van der Waals surface area contributed by atoms with Crippen molar-refractivity contribution in [2.45, 2.75) is 49.1 Å². The largest absolute Gasteiger partial charge is 0.481 e. The van der Waals surface area contributed by atoms with Crippen molar-refractivity contribution in [3.63, 3.8) is 0 Å². The van der Waals surface area contributed by atoms with Gasteiger partial charge >= 0.3 is 5.97 Å². The Morgan fingerprint density at radius 2 is 2.08 bits per heavy atom. The van der Waals surface area contributed by atoms with Crippen molar-refractivity contribution in [2.24, 2.45) is 0 Å². The van der Waals surface area contributed by atoms with E-state index in [2.05, 4.69) is 10.0 Å². The highest BCUT2D eigenvalue weighted by Crippen LogP contribution is 2.26. The van der Waals surface area contributed by atoms with E-state index in [-0.39, 0.29) is 29.5 Å². The number of sulfonamides is 1. The maximum atomic E-state index is 12.7. The highest BCUT2D eigenvalue weighted by atomic mass is 32.2. The van der Waals surface area contributed by atoms with E-state index in [4.69, 9.17) is 9.84 Å². The van der Waals surface area contributed by atoms with Crippen LogP contribution in [0.15, 0.2) is 23.1 Å². The summed E-state index contributed by atoms with van der Waals surface area (Å²) in [5.74, 6) is -1.53. The van der Waals surface area contributed by atoms with E-state index in [1.807, 2.05) is 0 Å². The van der Waals surface area contributed by atoms with Crippen molar-refractivity contribution in [3.05, 3.63) is 29.3 Å². The van der Waals surface area contributed by atoms with Gasteiger partial charge in [0.05, 0.1) is 23.5 Å². The van der Waals surface area contributed by atoms with Crippen LogP contribution in [0.3, 0.4) is 0 Å². The quantitative estimate of drug-likeness (QED) is 0.641. The zero-order valence-electron chi connectivity index (χ0n) is 14.4. The van der Waals surface area contributed by atoms with Gasteiger partial charge in [0.15, 0.2) is 0 Å². The maximum Gasteiger partial charge on any atom is 0.305 e. The first kappa shape index (κ1) is 18.8. The molecule has 2 aliphatic rings. The second kappa shape index (κ2) is 6.98. The van der Waals surface area contributed by atoms with Crippen molar-refractivity contribution < 1.29 is 27.9 Å². The van der Waals surface area contributed by atoms with Crippen LogP contribution in [0, 0.1) is 6.92 Å². The van der Waals surface area contributed by atoms with E-state index < -0.39 is 27.4 Å². The Labute approximate surface area is 152 Å². The molecule has 1 heterocycles. The topological polar surface area (TPSA) is 122 Å². The lowest BCUT2D eigenvalue weighted by molar-refractivity contribution is -0.138. The van der Waals surface area contributed by atoms with E-state index in [0.29, 0.717) is 18.6 Å². The van der Waals surface area contributed by atoms with Gasteiger partial charge in [0.1, 0.15) is 0 Å². The molecule has 1 saturated heterocycles. The summed E-state index contributed by atoms with van der Waals surface area (Å²) in [5, 5.41) is 11.9. The van der Waals surface area contributed by atoms with Gasteiger partial charge in [0, 0.05) is 18.2 Å². The molecule has 1 amide bonds. The molecule has 1 aromatic carbocycles. The standard InChI is InChI=1S/C17H22N2O6S/c1-11-2-5-13(26(23,24)19-12-3-4-12)8-14(11)16(22)18-17(9-15(20)21)6-7-25-10-17/h2,5,8,12,19H,3-4,6-7,9-10H2,1H3,(H,18,22)(H,20,21). The predicted molar refractivity (Wildman–Crippen MR) is 92.4 cm³/mol. The highest BCUT2D eigenvalue weighted by molar-refractivity contribution is 7.89. The second-order valence-corrected chi connectivity index (χ2v) is 8.69. The first-order valence-corrected chi connectivity index (χ1v) is 9.94. The molecule has 0 aromatic heterocycles. The molecular weight excluding hydrogens is 360 g/mol. The monoisotopic (exact) mass is 382 g/mol. The van der Waals surface area contributed by atoms with Gasteiger partial charge in [-0.3, -0.25) is 9.59 Å². The molecule has 0 spiro atoms. The SMILES string of the molecule is Cc1ccc(S(=O)(=O)NC2CC2)cc1C(=O)NC1(CC(=O)O)CCOC1. The van der Waals surface area contributed by atoms with E-state index in [0.717, 1.165) is 12.8 Å². The fourth-order valence-electron chi connectivity index (χ4n) is 2.99. The molecule has 142 valence electrons. The van der Waals surface area contributed by atoms with Crippen LogP contribution in [0.2, 0.25) is 0 Å². The first-order valence-electron chi connectivity index (χ1n) is 8.46. The third-order valence-electron chi connectivity index (χ3n) is 4.63. The summed E-state index contributed by atoms with van der Waals surface area (Å²) < 4.78 is 32.6. The van der Waals surface area contributed by atoms with E-state index in [1.165, 1.54) is 12.1 Å². The Kier molecular flexibility index (Phi) is 5.05. The van der Waals surface area contributed by atoms with Crippen LogP contribution < -0.4 is 10.0 Å². The number of rotatable bonds is 7. The molecule has 2 fully saturated rings. The molecular formula is C17H22N2O6S. The van der Waals surface area contributed by atoms with Gasteiger partial charge in [0.25, 0.3) is 5.91 Å². The van der Waals surface area contributed by atoms with Crippen molar-refractivity contribution in [3.8, 4) is 0 Å². The third kappa shape index (κ3) is 4.22. The average molecular weight is 382 g/mol. The lowest BCUT2D eigenvalue weighted by Gasteiger charge is -2.27. The molecule has 0 radical (unpaired) electrons. The van der Waals surface area contributed by atoms with Gasteiger partial charge in [0.2, 0.25) is 10.0 Å². The highest BCUT2D eigenvalue weighted by Gasteiger charge is 2.39. The summed E-state index contributed by atoms with van der Waals surface area (Å²) in [6, 6.07) is 4.33. The number of ether oxygens (including phenoxy) is 1. The Hall–Kier alpha value is -1.97. The predicted octanol–water partition coefficient (Wildman–Crippen LogP) is 0.799. The number of carbonyl (C=O) groups excluding carboxylic acids is 1. The van der Waals surface area contributed by atoms with Crippen LogP contribution in [-0.2, 0) is 19.6 Å². The van der Waals surface area contributed by atoms with Crippen LogP contribution in [0.1, 0.15) is 41.6 Å². The Morgan fingerprint density at radius 3 is 2.65 bits per heavy atom. The summed E-state index contributed by atoms with van der Waals surface area (Å²) in [6.45, 7) is 2.19. The van der Waals surface area contributed by atoms with Crippen LogP contribution in [-0.4, -0.2) is 50.2 Å². The van der Waals surface area contributed by atoms with Crippen molar-refractivity contribution in [1.82, 2.24) is 10.0 Å². The number of hydrogen-bond donors (Lipinski definition) is 3. The van der Waals surface area contributed by atoms with Crippen molar-refractivity contribution in [1.29, 1.82) is 0 Å². The Morgan fingerprint density at radius 1 is 1.35 bits per heavy atom. The minimum Gasteiger partial charge on any atom is -0.481 e. The molecule has 0 bridgehead atoms. The number of carboxylic acids is 1.